The third-order valence-corrected chi connectivity index (χ3v) is 3.16. The molecule has 1 heterocycles. The lowest BCUT2D eigenvalue weighted by Gasteiger charge is -2.14. The van der Waals surface area contributed by atoms with Crippen LogP contribution in [0.5, 0.6) is 0 Å². The van der Waals surface area contributed by atoms with Crippen molar-refractivity contribution in [2.75, 3.05) is 20.6 Å². The van der Waals surface area contributed by atoms with Crippen LogP contribution in [0.4, 0.5) is 0 Å². The van der Waals surface area contributed by atoms with E-state index in [0.29, 0.717) is 11.4 Å². The highest BCUT2D eigenvalue weighted by molar-refractivity contribution is 5.95. The maximum atomic E-state index is 12.2. The fourth-order valence-corrected chi connectivity index (χ4v) is 1.88. The first kappa shape index (κ1) is 14.8. The highest BCUT2D eigenvalue weighted by Gasteiger charge is 2.17. The summed E-state index contributed by atoms with van der Waals surface area (Å²) in [5.41, 5.74) is 3.16. The molecule has 21 heavy (non-hydrogen) atoms. The molecule has 0 aliphatic rings. The number of carbonyl (C=O) groups is 2. The van der Waals surface area contributed by atoms with Gasteiger partial charge in [-0.2, -0.15) is 5.10 Å². The number of hydrogen-bond donors (Lipinski definition) is 2. The number of benzene rings is 1. The number of aromatic amines is 1. The van der Waals surface area contributed by atoms with Gasteiger partial charge in [-0.25, -0.2) is 0 Å². The molecule has 6 nitrogen and oxygen atoms in total. The molecule has 0 bridgehead atoms. The Kier molecular flexibility index (Phi) is 4.37. The van der Waals surface area contributed by atoms with Crippen molar-refractivity contribution >= 4 is 11.8 Å². The predicted molar refractivity (Wildman–Crippen MR) is 79.8 cm³/mol. The van der Waals surface area contributed by atoms with Crippen LogP contribution in [0.15, 0.2) is 30.3 Å². The molecular weight excluding hydrogens is 268 g/mol. The second-order valence-electron chi connectivity index (χ2n) is 4.87. The topological polar surface area (TPSA) is 78.1 Å². The van der Waals surface area contributed by atoms with Crippen LogP contribution in [0.1, 0.15) is 16.1 Å². The van der Waals surface area contributed by atoms with Gasteiger partial charge in [0.05, 0.1) is 12.2 Å². The van der Waals surface area contributed by atoms with Crippen LogP contribution in [0.3, 0.4) is 0 Å². The van der Waals surface area contributed by atoms with Crippen molar-refractivity contribution < 1.29 is 9.59 Å². The molecule has 0 fully saturated rings. The highest BCUT2D eigenvalue weighted by Crippen LogP contribution is 2.18. The van der Waals surface area contributed by atoms with Gasteiger partial charge in [-0.05, 0) is 13.0 Å². The normalized spacial score (nSPS) is 10.2. The Balaban J connectivity index is 2.14. The Morgan fingerprint density at radius 3 is 2.57 bits per heavy atom. The van der Waals surface area contributed by atoms with E-state index < -0.39 is 0 Å². The number of nitrogens with zero attached hydrogens (tertiary/aromatic N) is 2. The van der Waals surface area contributed by atoms with E-state index in [4.69, 9.17) is 0 Å². The van der Waals surface area contributed by atoms with E-state index >= 15 is 0 Å². The Labute approximate surface area is 123 Å². The summed E-state index contributed by atoms with van der Waals surface area (Å²) in [6.07, 6.45) is 0. The van der Waals surface area contributed by atoms with Gasteiger partial charge < -0.3 is 10.2 Å². The first-order valence-electron chi connectivity index (χ1n) is 6.59. The second-order valence-corrected chi connectivity index (χ2v) is 4.87. The summed E-state index contributed by atoms with van der Waals surface area (Å²) in [7, 11) is 3.11. The fourth-order valence-electron chi connectivity index (χ4n) is 1.88. The van der Waals surface area contributed by atoms with E-state index in [2.05, 4.69) is 15.5 Å². The molecule has 1 aromatic carbocycles. The number of likely N-dealkylation sites (N-methyl/N-ethyl adjacent to an activating group) is 2. The zero-order valence-electron chi connectivity index (χ0n) is 12.3. The molecule has 6 heteroatoms. The minimum atomic E-state index is -0.274. The number of rotatable bonds is 4. The third-order valence-electron chi connectivity index (χ3n) is 3.16. The molecule has 0 saturated carbocycles. The smallest absolute Gasteiger partial charge is 0.272 e. The van der Waals surface area contributed by atoms with Gasteiger partial charge in [0.1, 0.15) is 5.69 Å². The van der Waals surface area contributed by atoms with Gasteiger partial charge in [0.25, 0.3) is 5.91 Å². The summed E-state index contributed by atoms with van der Waals surface area (Å²) < 4.78 is 0. The number of aromatic nitrogens is 2. The number of nitrogens with one attached hydrogen (secondary N) is 2. The van der Waals surface area contributed by atoms with E-state index in [1.807, 2.05) is 31.2 Å². The van der Waals surface area contributed by atoms with Crippen molar-refractivity contribution in [1.82, 2.24) is 20.4 Å². The number of carbonyl (C=O) groups excluding carboxylic acids is 2. The molecule has 1 aromatic heterocycles. The average Bonchev–Trinajstić information content (AvgIpc) is 2.96. The molecule has 0 saturated heterocycles. The van der Waals surface area contributed by atoms with Crippen LogP contribution in [-0.2, 0) is 4.79 Å². The van der Waals surface area contributed by atoms with Crippen LogP contribution in [0, 0.1) is 6.92 Å². The first-order chi connectivity index (χ1) is 10.0. The van der Waals surface area contributed by atoms with Crippen molar-refractivity contribution in [2.45, 2.75) is 6.92 Å². The second kappa shape index (κ2) is 6.21. The van der Waals surface area contributed by atoms with Gasteiger partial charge in [-0.1, -0.05) is 29.8 Å². The van der Waals surface area contributed by atoms with Crippen LogP contribution in [0.25, 0.3) is 11.3 Å². The third kappa shape index (κ3) is 3.47. The van der Waals surface area contributed by atoms with Gasteiger partial charge in [-0.3, -0.25) is 14.7 Å². The minimum absolute atomic E-state index is 0.00815. The lowest BCUT2D eigenvalue weighted by atomic mass is 10.1. The minimum Gasteiger partial charge on any atom is -0.358 e. The Hall–Kier alpha value is -2.63. The molecule has 0 aliphatic carbocycles. The average molecular weight is 286 g/mol. The molecule has 0 aliphatic heterocycles. The summed E-state index contributed by atoms with van der Waals surface area (Å²) in [5.74, 6) is -0.492. The summed E-state index contributed by atoms with van der Waals surface area (Å²) in [4.78, 5) is 24.8. The summed E-state index contributed by atoms with van der Waals surface area (Å²) in [5, 5.41) is 9.34. The van der Waals surface area contributed by atoms with Crippen molar-refractivity contribution in [2.24, 2.45) is 0 Å². The van der Waals surface area contributed by atoms with Crippen LogP contribution in [0.2, 0.25) is 0 Å². The summed E-state index contributed by atoms with van der Waals surface area (Å²) in [6, 6.07) is 9.57. The Morgan fingerprint density at radius 1 is 1.29 bits per heavy atom. The molecule has 110 valence electrons. The SMILES string of the molecule is CNC(=O)CN(C)C(=O)c1cc(-c2ccc(C)cc2)n[nH]1. The maximum Gasteiger partial charge on any atom is 0.272 e. The molecule has 0 atom stereocenters. The quantitative estimate of drug-likeness (QED) is 0.886. The lowest BCUT2D eigenvalue weighted by molar-refractivity contribution is -0.121. The van der Waals surface area contributed by atoms with Crippen molar-refractivity contribution in [3.63, 3.8) is 0 Å². The largest absolute Gasteiger partial charge is 0.358 e. The number of hydrogen-bond acceptors (Lipinski definition) is 3. The van der Waals surface area contributed by atoms with Crippen LogP contribution in [-0.4, -0.2) is 47.6 Å². The molecule has 0 spiro atoms. The van der Waals surface area contributed by atoms with E-state index in [1.165, 1.54) is 11.9 Å². The zero-order chi connectivity index (χ0) is 15.4. The molecule has 2 aromatic rings. The molecule has 0 unspecified atom stereocenters. The van der Waals surface area contributed by atoms with Crippen molar-refractivity contribution in [3.05, 3.63) is 41.6 Å². The zero-order valence-corrected chi connectivity index (χ0v) is 12.3. The van der Waals surface area contributed by atoms with Crippen LogP contribution >= 0.6 is 0 Å². The van der Waals surface area contributed by atoms with E-state index in [0.717, 1.165) is 11.1 Å². The van der Waals surface area contributed by atoms with Gasteiger partial charge >= 0.3 is 0 Å². The van der Waals surface area contributed by atoms with E-state index in [-0.39, 0.29) is 18.4 Å². The molecule has 0 radical (unpaired) electrons. The van der Waals surface area contributed by atoms with Crippen molar-refractivity contribution in [3.8, 4) is 11.3 Å². The summed E-state index contributed by atoms with van der Waals surface area (Å²) >= 11 is 0. The molecule has 2 rings (SSSR count). The van der Waals surface area contributed by atoms with Crippen LogP contribution < -0.4 is 5.32 Å². The van der Waals surface area contributed by atoms with E-state index in [1.54, 1.807) is 13.1 Å². The molecule has 2 amide bonds. The number of H-pyrrole nitrogens is 1. The van der Waals surface area contributed by atoms with Gasteiger partial charge in [-0.15, -0.1) is 0 Å². The van der Waals surface area contributed by atoms with Gasteiger partial charge in [0.15, 0.2) is 0 Å². The monoisotopic (exact) mass is 286 g/mol. The number of amides is 2. The number of aryl methyl sites for hydroxylation is 1. The van der Waals surface area contributed by atoms with E-state index in [9.17, 15) is 9.59 Å². The summed E-state index contributed by atoms with van der Waals surface area (Å²) in [6.45, 7) is 2.02. The van der Waals surface area contributed by atoms with Gasteiger partial charge in [0.2, 0.25) is 5.91 Å². The molecule has 2 N–H and O–H groups in total. The Morgan fingerprint density at radius 2 is 1.95 bits per heavy atom. The molecular formula is C15H18N4O2. The first-order valence-corrected chi connectivity index (χ1v) is 6.59. The Bertz CT molecular complexity index is 646. The maximum absolute atomic E-state index is 12.2. The highest BCUT2D eigenvalue weighted by atomic mass is 16.2. The predicted octanol–water partition coefficient (Wildman–Crippen LogP) is 1.20. The van der Waals surface area contributed by atoms with Gasteiger partial charge in [0, 0.05) is 19.7 Å². The standard InChI is InChI=1S/C15H18N4O2/c1-10-4-6-11(7-5-10)12-8-13(18-17-12)15(21)19(3)9-14(20)16-2/h4-8H,9H2,1-3H3,(H,16,20)(H,17,18). The fraction of sp³-hybridized carbons (Fsp3) is 0.267. The lowest BCUT2D eigenvalue weighted by Crippen LogP contribution is -2.37. The van der Waals surface area contributed by atoms with Crippen molar-refractivity contribution in [1.29, 1.82) is 0 Å².